The molecule has 0 aliphatic heterocycles. The number of hydrogen-bond acceptors (Lipinski definition) is 4. The molecular weight excluding hydrogens is 594 g/mol. The first-order valence-electron chi connectivity index (χ1n) is 19.9. The summed E-state index contributed by atoms with van der Waals surface area (Å²) in [5.41, 5.74) is 0. The molecule has 3 N–H and O–H groups in total. The van der Waals surface area contributed by atoms with Gasteiger partial charge in [0.1, 0.15) is 0 Å². The molecule has 0 aromatic rings. The van der Waals surface area contributed by atoms with Crippen LogP contribution in [0.1, 0.15) is 213 Å². The molecule has 274 valence electrons. The molecule has 0 aromatic heterocycles. The van der Waals surface area contributed by atoms with Crippen LogP contribution in [0.5, 0.6) is 0 Å². The van der Waals surface area contributed by atoms with Gasteiger partial charge >= 0.3 is 0 Å². The molecule has 6 nitrogen and oxygen atoms in total. The summed E-state index contributed by atoms with van der Waals surface area (Å²) in [6, 6.07) is -1.05. The molecule has 0 aliphatic rings. The number of aliphatic hydroxyl groups excluding tert-OH is 1. The summed E-state index contributed by atoms with van der Waals surface area (Å²) in [6.45, 7) is 4.52. The summed E-state index contributed by atoms with van der Waals surface area (Å²) in [5, 5.41) is 13.2. The van der Waals surface area contributed by atoms with E-state index in [0.717, 1.165) is 38.5 Å². The van der Waals surface area contributed by atoms with Crippen LogP contribution in [0.15, 0.2) is 12.2 Å². The molecular formula is C39H77NO5S. The van der Waals surface area contributed by atoms with Gasteiger partial charge in [0.2, 0.25) is 5.91 Å². The molecule has 0 aromatic carbocycles. The third-order valence-corrected chi connectivity index (χ3v) is 9.99. The summed E-state index contributed by atoms with van der Waals surface area (Å²) in [4.78, 5) is 12.5. The number of allylic oxidation sites excluding steroid dienone is 1. The maximum absolute atomic E-state index is 12.5. The second-order valence-corrected chi connectivity index (χ2v) is 15.4. The van der Waals surface area contributed by atoms with Crippen LogP contribution in [-0.4, -0.2) is 41.9 Å². The first-order chi connectivity index (χ1) is 22.3. The van der Waals surface area contributed by atoms with Crippen molar-refractivity contribution in [2.45, 2.75) is 225 Å². The fourth-order valence-electron chi connectivity index (χ4n) is 6.21. The number of hydrogen-bond donors (Lipinski definition) is 3. The molecule has 0 aliphatic carbocycles. The van der Waals surface area contributed by atoms with Gasteiger partial charge in [-0.3, -0.25) is 9.35 Å². The minimum atomic E-state index is -4.33. The van der Waals surface area contributed by atoms with Crippen molar-refractivity contribution < 1.29 is 22.9 Å². The molecule has 0 bridgehead atoms. The molecule has 0 fully saturated rings. The number of unbranched alkanes of at least 4 members (excludes halogenated alkanes) is 28. The van der Waals surface area contributed by atoms with E-state index in [1.54, 1.807) is 6.08 Å². The summed E-state index contributed by atoms with van der Waals surface area (Å²) in [7, 11) is -4.33. The van der Waals surface area contributed by atoms with E-state index in [2.05, 4.69) is 19.2 Å². The van der Waals surface area contributed by atoms with E-state index in [-0.39, 0.29) is 5.91 Å². The third-order valence-electron chi connectivity index (χ3n) is 9.21. The molecule has 0 heterocycles. The number of nitrogens with one attached hydrogen (secondary N) is 1. The van der Waals surface area contributed by atoms with Crippen LogP contribution in [0.25, 0.3) is 0 Å². The lowest BCUT2D eigenvalue weighted by molar-refractivity contribution is -0.122. The van der Waals surface area contributed by atoms with Crippen molar-refractivity contribution in [3.63, 3.8) is 0 Å². The zero-order valence-corrected chi connectivity index (χ0v) is 31.3. The van der Waals surface area contributed by atoms with E-state index in [1.165, 1.54) is 154 Å². The summed E-state index contributed by atoms with van der Waals surface area (Å²) in [6.07, 6.45) is 40.5. The third kappa shape index (κ3) is 34.4. The van der Waals surface area contributed by atoms with Gasteiger partial charge < -0.3 is 10.4 Å². The zero-order valence-electron chi connectivity index (χ0n) is 30.5. The van der Waals surface area contributed by atoms with Crippen LogP contribution in [0, 0.1) is 0 Å². The molecule has 0 spiro atoms. The van der Waals surface area contributed by atoms with Crippen molar-refractivity contribution in [1.29, 1.82) is 0 Å². The molecule has 0 saturated carbocycles. The Labute approximate surface area is 286 Å². The Kier molecular flexibility index (Phi) is 33.3. The van der Waals surface area contributed by atoms with Crippen LogP contribution in [0.2, 0.25) is 0 Å². The number of rotatable bonds is 36. The highest BCUT2D eigenvalue weighted by Crippen LogP contribution is 2.15. The van der Waals surface area contributed by atoms with Gasteiger partial charge in [0, 0.05) is 6.42 Å². The van der Waals surface area contributed by atoms with Crippen LogP contribution in [-0.2, 0) is 14.9 Å². The Morgan fingerprint density at radius 1 is 0.565 bits per heavy atom. The smallest absolute Gasteiger partial charge is 0.267 e. The predicted octanol–water partition coefficient (Wildman–Crippen LogP) is 11.4. The van der Waals surface area contributed by atoms with Crippen molar-refractivity contribution in [2.75, 3.05) is 5.75 Å². The van der Waals surface area contributed by atoms with Crippen molar-refractivity contribution in [2.24, 2.45) is 0 Å². The lowest BCUT2D eigenvalue weighted by Crippen LogP contribution is -2.46. The normalized spacial score (nSPS) is 13.4. The van der Waals surface area contributed by atoms with Crippen molar-refractivity contribution >= 4 is 16.0 Å². The number of aliphatic hydroxyl groups is 1. The largest absolute Gasteiger partial charge is 0.387 e. The topological polar surface area (TPSA) is 104 Å². The maximum atomic E-state index is 12.5. The van der Waals surface area contributed by atoms with Crippen LogP contribution in [0.4, 0.5) is 0 Å². The van der Waals surface area contributed by atoms with E-state index in [9.17, 15) is 22.9 Å². The standard InChI is InChI=1S/C39H77NO5S/c1-3-5-7-9-11-13-15-17-19-21-22-24-26-28-30-32-34-38(41)37(36-46(43,44)45)40-39(42)35-33-31-29-27-25-23-20-18-16-14-12-10-8-6-4-2/h32,34,37-38,41H,3-31,33,35-36H2,1-2H3,(H,40,42)(H,43,44,45)/b34-32+. The van der Waals surface area contributed by atoms with Gasteiger partial charge in [-0.25, -0.2) is 0 Å². The van der Waals surface area contributed by atoms with Crippen molar-refractivity contribution in [1.82, 2.24) is 5.32 Å². The van der Waals surface area contributed by atoms with Crippen LogP contribution >= 0.6 is 0 Å². The number of carbonyl (C=O) groups excluding carboxylic acids is 1. The zero-order chi connectivity index (χ0) is 34.0. The SMILES string of the molecule is CCCCCCCCCCCCCCCC/C=C/C(O)C(CS(=O)(=O)O)NC(=O)CCCCCCCCCCCCCCCCC. The van der Waals surface area contributed by atoms with Crippen molar-refractivity contribution in [3.8, 4) is 0 Å². The first-order valence-corrected chi connectivity index (χ1v) is 21.5. The van der Waals surface area contributed by atoms with Gasteiger partial charge in [0.15, 0.2) is 0 Å². The van der Waals surface area contributed by atoms with Crippen LogP contribution in [0.3, 0.4) is 0 Å². The average molecular weight is 672 g/mol. The lowest BCUT2D eigenvalue weighted by atomic mass is 10.0. The van der Waals surface area contributed by atoms with E-state index in [1.807, 2.05) is 6.08 Å². The van der Waals surface area contributed by atoms with Gasteiger partial charge in [0.25, 0.3) is 10.1 Å². The summed E-state index contributed by atoms with van der Waals surface area (Å²) >= 11 is 0. The van der Waals surface area contributed by atoms with E-state index in [0.29, 0.717) is 6.42 Å². The fourth-order valence-corrected chi connectivity index (χ4v) is 6.95. The van der Waals surface area contributed by atoms with E-state index in [4.69, 9.17) is 0 Å². The molecule has 0 saturated heterocycles. The number of amides is 1. The van der Waals surface area contributed by atoms with Crippen LogP contribution < -0.4 is 5.32 Å². The monoisotopic (exact) mass is 672 g/mol. The van der Waals surface area contributed by atoms with Gasteiger partial charge in [0.05, 0.1) is 17.9 Å². The highest BCUT2D eigenvalue weighted by Gasteiger charge is 2.24. The molecule has 7 heteroatoms. The van der Waals surface area contributed by atoms with E-state index < -0.39 is 28.0 Å². The summed E-state index contributed by atoms with van der Waals surface area (Å²) in [5.74, 6) is -0.968. The minimum absolute atomic E-state index is 0.275. The van der Waals surface area contributed by atoms with Gasteiger partial charge in [-0.2, -0.15) is 8.42 Å². The minimum Gasteiger partial charge on any atom is -0.387 e. The Morgan fingerprint density at radius 3 is 1.24 bits per heavy atom. The molecule has 2 atom stereocenters. The van der Waals surface area contributed by atoms with Gasteiger partial charge in [-0.05, 0) is 19.3 Å². The van der Waals surface area contributed by atoms with Gasteiger partial charge in [-0.15, -0.1) is 0 Å². The maximum Gasteiger partial charge on any atom is 0.267 e. The highest BCUT2D eigenvalue weighted by molar-refractivity contribution is 7.85. The summed E-state index contributed by atoms with van der Waals surface area (Å²) < 4.78 is 32.4. The molecule has 0 rings (SSSR count). The molecule has 0 radical (unpaired) electrons. The lowest BCUT2D eigenvalue weighted by Gasteiger charge is -2.21. The molecule has 46 heavy (non-hydrogen) atoms. The Bertz CT molecular complexity index is 785. The average Bonchev–Trinajstić information content (AvgIpc) is 3.01. The molecule has 1 amide bonds. The van der Waals surface area contributed by atoms with Gasteiger partial charge in [-0.1, -0.05) is 199 Å². The second kappa shape index (κ2) is 34.0. The Hall–Kier alpha value is -0.920. The van der Waals surface area contributed by atoms with Crippen molar-refractivity contribution in [3.05, 3.63) is 12.2 Å². The number of carbonyl (C=O) groups is 1. The Balaban J connectivity index is 3.91. The first kappa shape index (κ1) is 45.1. The highest BCUT2D eigenvalue weighted by atomic mass is 32.2. The Morgan fingerprint density at radius 2 is 0.891 bits per heavy atom. The predicted molar refractivity (Wildman–Crippen MR) is 198 cm³/mol. The quantitative estimate of drug-likeness (QED) is 0.0349. The molecule has 2 unspecified atom stereocenters. The van der Waals surface area contributed by atoms with E-state index >= 15 is 0 Å². The second-order valence-electron chi connectivity index (χ2n) is 13.9. The fraction of sp³-hybridized carbons (Fsp3) is 0.923.